The standard InChI is InChI=1S/C23H29N3O2/c1-27-22-17-18(28-16-8-7-15-26-13-5-2-6-14-26)11-12-20(22)23-19-9-3-4-10-21(19)24-25-23/h3-4,9-12,17H,2,5-8,13-16H2,1H3,(H,24,25). The van der Waals surface area contributed by atoms with Crippen LogP contribution in [0, 0.1) is 0 Å². The van der Waals surface area contributed by atoms with Crippen molar-refractivity contribution in [3.05, 3.63) is 42.5 Å². The van der Waals surface area contributed by atoms with Gasteiger partial charge in [0.15, 0.2) is 0 Å². The molecule has 0 atom stereocenters. The Kier molecular flexibility index (Phi) is 6.12. The van der Waals surface area contributed by atoms with E-state index in [2.05, 4.69) is 21.2 Å². The number of ether oxygens (including phenoxy) is 2. The van der Waals surface area contributed by atoms with E-state index in [1.807, 2.05) is 36.4 Å². The topological polar surface area (TPSA) is 50.4 Å². The number of piperidine rings is 1. The van der Waals surface area contributed by atoms with Crippen LogP contribution in [0.1, 0.15) is 32.1 Å². The van der Waals surface area contributed by atoms with Gasteiger partial charge < -0.3 is 14.4 Å². The fraction of sp³-hybridized carbons (Fsp3) is 0.435. The van der Waals surface area contributed by atoms with Crippen LogP contribution in [-0.2, 0) is 0 Å². The summed E-state index contributed by atoms with van der Waals surface area (Å²) in [6.07, 6.45) is 6.37. The van der Waals surface area contributed by atoms with E-state index >= 15 is 0 Å². The number of nitrogens with one attached hydrogen (secondary N) is 1. The lowest BCUT2D eigenvalue weighted by atomic mass is 10.1. The molecule has 0 aliphatic carbocycles. The summed E-state index contributed by atoms with van der Waals surface area (Å²) in [5.41, 5.74) is 2.89. The van der Waals surface area contributed by atoms with E-state index in [1.165, 1.54) is 45.3 Å². The van der Waals surface area contributed by atoms with Crippen LogP contribution in [-0.4, -0.2) is 48.4 Å². The number of para-hydroxylation sites is 1. The van der Waals surface area contributed by atoms with E-state index in [-0.39, 0.29) is 0 Å². The average molecular weight is 380 g/mol. The van der Waals surface area contributed by atoms with Crippen LogP contribution in [0.15, 0.2) is 42.5 Å². The van der Waals surface area contributed by atoms with Crippen molar-refractivity contribution in [2.24, 2.45) is 0 Å². The number of aromatic amines is 1. The third kappa shape index (κ3) is 4.30. The van der Waals surface area contributed by atoms with Crippen molar-refractivity contribution in [2.45, 2.75) is 32.1 Å². The van der Waals surface area contributed by atoms with Gasteiger partial charge in [0.05, 0.1) is 19.2 Å². The molecule has 3 aromatic rings. The number of likely N-dealkylation sites (tertiary alicyclic amines) is 1. The van der Waals surface area contributed by atoms with Gasteiger partial charge in [-0.1, -0.05) is 24.6 Å². The minimum Gasteiger partial charge on any atom is -0.496 e. The largest absolute Gasteiger partial charge is 0.496 e. The Morgan fingerprint density at radius 1 is 1.04 bits per heavy atom. The van der Waals surface area contributed by atoms with Crippen LogP contribution in [0.2, 0.25) is 0 Å². The number of methoxy groups -OCH3 is 1. The van der Waals surface area contributed by atoms with Crippen LogP contribution in [0.25, 0.3) is 22.2 Å². The molecule has 2 aromatic carbocycles. The van der Waals surface area contributed by atoms with Gasteiger partial charge in [-0.3, -0.25) is 5.10 Å². The van der Waals surface area contributed by atoms with E-state index in [0.29, 0.717) is 0 Å². The lowest BCUT2D eigenvalue weighted by molar-refractivity contribution is 0.216. The molecule has 4 rings (SSSR count). The Balaban J connectivity index is 1.36. The van der Waals surface area contributed by atoms with Crippen molar-refractivity contribution in [3.8, 4) is 22.8 Å². The molecular weight excluding hydrogens is 350 g/mol. The predicted octanol–water partition coefficient (Wildman–Crippen LogP) is 4.88. The quantitative estimate of drug-likeness (QED) is 0.567. The Morgan fingerprint density at radius 2 is 1.89 bits per heavy atom. The number of aromatic nitrogens is 2. The van der Waals surface area contributed by atoms with Crippen molar-refractivity contribution in [2.75, 3.05) is 33.4 Å². The van der Waals surface area contributed by atoms with Crippen molar-refractivity contribution in [3.63, 3.8) is 0 Å². The van der Waals surface area contributed by atoms with E-state index in [1.54, 1.807) is 7.11 Å². The molecule has 1 saturated heterocycles. The van der Waals surface area contributed by atoms with Crippen LogP contribution in [0.5, 0.6) is 11.5 Å². The molecule has 0 unspecified atom stereocenters. The van der Waals surface area contributed by atoms with Gasteiger partial charge in [-0.05, 0) is 63.5 Å². The Labute approximate surface area is 166 Å². The number of unbranched alkanes of at least 4 members (excludes halogenated alkanes) is 1. The molecule has 1 N–H and O–H groups in total. The first-order valence-corrected chi connectivity index (χ1v) is 10.3. The molecule has 28 heavy (non-hydrogen) atoms. The first-order chi connectivity index (χ1) is 13.8. The number of hydrogen-bond donors (Lipinski definition) is 1. The lowest BCUT2D eigenvalue weighted by Crippen LogP contribution is -2.30. The summed E-state index contributed by atoms with van der Waals surface area (Å²) in [5.74, 6) is 1.63. The molecule has 148 valence electrons. The van der Waals surface area contributed by atoms with Crippen LogP contribution < -0.4 is 9.47 Å². The third-order valence-electron chi connectivity index (χ3n) is 5.48. The highest BCUT2D eigenvalue weighted by Crippen LogP contribution is 2.35. The maximum Gasteiger partial charge on any atom is 0.132 e. The molecular formula is C23H29N3O2. The van der Waals surface area contributed by atoms with Gasteiger partial charge in [0.25, 0.3) is 0 Å². The second-order valence-electron chi connectivity index (χ2n) is 7.44. The van der Waals surface area contributed by atoms with Crippen molar-refractivity contribution in [1.82, 2.24) is 15.1 Å². The molecule has 5 nitrogen and oxygen atoms in total. The number of H-pyrrole nitrogens is 1. The summed E-state index contributed by atoms with van der Waals surface area (Å²) >= 11 is 0. The molecule has 2 heterocycles. The number of benzene rings is 2. The van der Waals surface area contributed by atoms with Crippen LogP contribution in [0.3, 0.4) is 0 Å². The third-order valence-corrected chi connectivity index (χ3v) is 5.48. The Morgan fingerprint density at radius 3 is 2.75 bits per heavy atom. The summed E-state index contributed by atoms with van der Waals surface area (Å²) in [6.45, 7) is 4.46. The molecule has 0 radical (unpaired) electrons. The van der Waals surface area contributed by atoms with Gasteiger partial charge in [-0.2, -0.15) is 5.10 Å². The van der Waals surface area contributed by atoms with Gasteiger partial charge in [0.2, 0.25) is 0 Å². The second kappa shape index (κ2) is 9.11. The van der Waals surface area contributed by atoms with Crippen molar-refractivity contribution < 1.29 is 9.47 Å². The van der Waals surface area contributed by atoms with E-state index in [9.17, 15) is 0 Å². The minimum absolute atomic E-state index is 0.738. The first-order valence-electron chi connectivity index (χ1n) is 10.3. The second-order valence-corrected chi connectivity index (χ2v) is 7.44. The lowest BCUT2D eigenvalue weighted by Gasteiger charge is -2.26. The summed E-state index contributed by atoms with van der Waals surface area (Å²) in [6, 6.07) is 14.1. The van der Waals surface area contributed by atoms with E-state index in [0.717, 1.165) is 46.7 Å². The van der Waals surface area contributed by atoms with Crippen molar-refractivity contribution in [1.29, 1.82) is 0 Å². The van der Waals surface area contributed by atoms with Crippen LogP contribution >= 0.6 is 0 Å². The molecule has 1 aromatic heterocycles. The molecule has 0 saturated carbocycles. The summed E-state index contributed by atoms with van der Waals surface area (Å²) < 4.78 is 11.6. The predicted molar refractivity (Wildman–Crippen MR) is 113 cm³/mol. The highest BCUT2D eigenvalue weighted by Gasteiger charge is 2.14. The zero-order valence-electron chi connectivity index (χ0n) is 16.6. The molecule has 5 heteroatoms. The van der Waals surface area contributed by atoms with Gasteiger partial charge in [-0.15, -0.1) is 0 Å². The molecule has 0 bridgehead atoms. The number of nitrogens with zero attached hydrogens (tertiary/aromatic N) is 2. The zero-order valence-corrected chi connectivity index (χ0v) is 16.6. The highest BCUT2D eigenvalue weighted by atomic mass is 16.5. The highest BCUT2D eigenvalue weighted by molar-refractivity contribution is 5.94. The molecule has 0 spiro atoms. The Bertz CT molecular complexity index is 900. The number of fused-ring (bicyclic) bond motifs is 1. The van der Waals surface area contributed by atoms with E-state index < -0.39 is 0 Å². The molecule has 0 amide bonds. The summed E-state index contributed by atoms with van der Waals surface area (Å²) in [4.78, 5) is 2.58. The first kappa shape index (κ1) is 18.8. The maximum atomic E-state index is 5.97. The zero-order chi connectivity index (χ0) is 19.2. The minimum atomic E-state index is 0.738. The molecule has 1 aliphatic rings. The van der Waals surface area contributed by atoms with Crippen molar-refractivity contribution >= 4 is 10.9 Å². The Hall–Kier alpha value is -2.53. The normalized spacial score (nSPS) is 15.0. The number of hydrogen-bond acceptors (Lipinski definition) is 4. The maximum absolute atomic E-state index is 5.97. The summed E-state index contributed by atoms with van der Waals surface area (Å²) in [7, 11) is 1.69. The fourth-order valence-electron chi connectivity index (χ4n) is 3.94. The SMILES string of the molecule is COc1cc(OCCCCN2CCCCC2)ccc1-c1n[nH]c2ccccc12. The fourth-order valence-corrected chi connectivity index (χ4v) is 3.94. The monoisotopic (exact) mass is 379 g/mol. The molecule has 1 fully saturated rings. The summed E-state index contributed by atoms with van der Waals surface area (Å²) in [5, 5.41) is 8.66. The van der Waals surface area contributed by atoms with Crippen LogP contribution in [0.4, 0.5) is 0 Å². The van der Waals surface area contributed by atoms with E-state index in [4.69, 9.17) is 9.47 Å². The average Bonchev–Trinajstić information content (AvgIpc) is 3.18. The number of rotatable bonds is 8. The smallest absolute Gasteiger partial charge is 0.132 e. The van der Waals surface area contributed by atoms with Gasteiger partial charge in [0, 0.05) is 17.0 Å². The van der Waals surface area contributed by atoms with Gasteiger partial charge in [0.1, 0.15) is 17.2 Å². The van der Waals surface area contributed by atoms with Gasteiger partial charge in [-0.25, -0.2) is 0 Å². The van der Waals surface area contributed by atoms with Gasteiger partial charge >= 0.3 is 0 Å². The molecule has 1 aliphatic heterocycles.